The highest BCUT2D eigenvalue weighted by molar-refractivity contribution is 6.36. The van der Waals surface area contributed by atoms with E-state index in [0.717, 1.165) is 53.3 Å². The molecule has 6 rings (SSSR count). The van der Waals surface area contributed by atoms with E-state index in [0.29, 0.717) is 34.8 Å². The lowest BCUT2D eigenvalue weighted by molar-refractivity contribution is 0.0946. The highest BCUT2D eigenvalue weighted by Gasteiger charge is 2.23. The van der Waals surface area contributed by atoms with Gasteiger partial charge in [-0.05, 0) is 56.3 Å². The molecule has 0 unspecified atom stereocenters. The van der Waals surface area contributed by atoms with Gasteiger partial charge in [-0.25, -0.2) is 9.97 Å². The number of aromatic hydroxyl groups is 1. The van der Waals surface area contributed by atoms with Crippen molar-refractivity contribution in [1.82, 2.24) is 20.2 Å². The van der Waals surface area contributed by atoms with E-state index >= 15 is 0 Å². The monoisotopic (exact) mass is 614 g/mol. The Morgan fingerprint density at radius 1 is 0.930 bits per heavy atom. The number of nitrogens with one attached hydrogen (secondary N) is 2. The summed E-state index contributed by atoms with van der Waals surface area (Å²) >= 11 is 13.0. The first-order chi connectivity index (χ1) is 21.0. The molecule has 1 amide bonds. The second-order valence-corrected chi connectivity index (χ2v) is 11.6. The van der Waals surface area contributed by atoms with Gasteiger partial charge in [0.05, 0.1) is 23.5 Å². The van der Waals surface area contributed by atoms with E-state index in [1.54, 1.807) is 18.3 Å². The van der Waals surface area contributed by atoms with Crippen LogP contribution in [0.2, 0.25) is 10.0 Å². The quantitative estimate of drug-likeness (QED) is 0.210. The van der Waals surface area contributed by atoms with Gasteiger partial charge in [-0.15, -0.1) is 0 Å². The van der Waals surface area contributed by atoms with Crippen LogP contribution >= 0.6 is 23.2 Å². The van der Waals surface area contributed by atoms with Crippen molar-refractivity contribution in [2.75, 3.05) is 31.5 Å². The van der Waals surface area contributed by atoms with Gasteiger partial charge in [-0.3, -0.25) is 9.79 Å². The van der Waals surface area contributed by atoms with Gasteiger partial charge in [0.2, 0.25) is 5.95 Å². The zero-order valence-electron chi connectivity index (χ0n) is 23.6. The number of carbonyl (C=O) groups excluding carboxylic acids is 1. The maximum absolute atomic E-state index is 12.8. The topological polar surface area (TPSA) is 103 Å². The summed E-state index contributed by atoms with van der Waals surface area (Å²) in [6, 6.07) is 18.0. The fourth-order valence-electron chi connectivity index (χ4n) is 5.58. The third-order valence-corrected chi connectivity index (χ3v) is 8.37. The normalized spacial score (nSPS) is 15.0. The average Bonchev–Trinajstić information content (AvgIpc) is 3.35. The minimum Gasteiger partial charge on any atom is -0.507 e. The summed E-state index contributed by atoms with van der Waals surface area (Å²) in [5.74, 6) is -0.0792. The summed E-state index contributed by atoms with van der Waals surface area (Å²) in [6.07, 6.45) is 6.70. The minimum absolute atomic E-state index is 0.121. The number of phenolic OH excluding ortho intramolecular Hbond substituents is 1. The number of hydrogen-bond donors (Lipinski definition) is 3. The maximum Gasteiger partial charge on any atom is 0.255 e. The summed E-state index contributed by atoms with van der Waals surface area (Å²) in [5, 5.41) is 18.0. The van der Waals surface area contributed by atoms with Crippen LogP contribution in [0.1, 0.15) is 52.7 Å². The number of hydrogen-bond acceptors (Lipinski definition) is 7. The molecule has 220 valence electrons. The molecule has 0 atom stereocenters. The van der Waals surface area contributed by atoms with Gasteiger partial charge >= 0.3 is 0 Å². The molecule has 1 fully saturated rings. The molecule has 0 radical (unpaired) electrons. The molecule has 10 heteroatoms. The van der Waals surface area contributed by atoms with Gasteiger partial charge in [0, 0.05) is 63.3 Å². The second-order valence-electron chi connectivity index (χ2n) is 10.8. The zero-order valence-corrected chi connectivity index (χ0v) is 25.1. The van der Waals surface area contributed by atoms with Gasteiger partial charge in [-0.2, -0.15) is 0 Å². The number of benzene rings is 3. The number of likely N-dealkylation sites (tertiary alicyclic amines) is 1. The Labute approximate surface area is 260 Å². The number of halogens is 2. The Balaban J connectivity index is 1.19. The Hall–Kier alpha value is -3.98. The van der Waals surface area contributed by atoms with Gasteiger partial charge in [0.15, 0.2) is 0 Å². The molecular weight excluding hydrogens is 583 g/mol. The van der Waals surface area contributed by atoms with Crippen LogP contribution in [-0.4, -0.2) is 57.8 Å². The van der Waals surface area contributed by atoms with E-state index in [1.165, 1.54) is 31.7 Å². The third-order valence-electron chi connectivity index (χ3n) is 7.80. The van der Waals surface area contributed by atoms with E-state index in [2.05, 4.69) is 20.5 Å². The fraction of sp³-hybridized carbons (Fsp3) is 0.273. The Kier molecular flexibility index (Phi) is 8.88. The number of carbonyl (C=O) groups is 1. The van der Waals surface area contributed by atoms with Crippen LogP contribution in [-0.2, 0) is 6.54 Å². The first kappa shape index (κ1) is 29.1. The van der Waals surface area contributed by atoms with Crippen molar-refractivity contribution < 1.29 is 9.90 Å². The highest BCUT2D eigenvalue weighted by atomic mass is 35.5. The average molecular weight is 616 g/mol. The molecule has 3 N–H and O–H groups in total. The minimum atomic E-state index is -0.301. The number of amides is 1. The third kappa shape index (κ3) is 6.67. The lowest BCUT2D eigenvalue weighted by Gasteiger charge is -2.19. The number of aromatic nitrogens is 2. The van der Waals surface area contributed by atoms with Gasteiger partial charge in [0.1, 0.15) is 5.75 Å². The fourth-order valence-corrected chi connectivity index (χ4v) is 5.98. The van der Waals surface area contributed by atoms with Crippen LogP contribution in [0.15, 0.2) is 71.9 Å². The molecule has 0 bridgehead atoms. The smallest absolute Gasteiger partial charge is 0.255 e. The van der Waals surface area contributed by atoms with Crippen LogP contribution < -0.4 is 10.6 Å². The standard InChI is InChI=1S/C33H32Cl2N6O2/c34-22-9-11-24-27(17-22)31(25-7-3-4-8-28(25)35)37-19-21-20-38-33(40-30(21)24)39-23-10-12-26(29(42)18-23)32(43)36-13-16-41-14-5-1-2-6-15-41/h3-4,7-12,17-18,20,42H,1-2,5-6,13-16,19H2,(H,36,43)(H,38,39,40). The molecular formula is C33H32Cl2N6O2. The molecule has 8 nitrogen and oxygen atoms in total. The summed E-state index contributed by atoms with van der Waals surface area (Å²) in [6.45, 7) is 3.85. The van der Waals surface area contributed by atoms with E-state index in [1.807, 2.05) is 42.5 Å². The number of nitrogens with zero attached hydrogens (tertiary/aromatic N) is 4. The van der Waals surface area contributed by atoms with Crippen LogP contribution in [0.25, 0.3) is 11.3 Å². The number of anilines is 2. The molecule has 1 saturated heterocycles. The van der Waals surface area contributed by atoms with E-state index in [4.69, 9.17) is 33.2 Å². The number of phenols is 1. The lowest BCUT2D eigenvalue weighted by atomic mass is 9.95. The number of rotatable bonds is 7. The molecule has 0 spiro atoms. The summed E-state index contributed by atoms with van der Waals surface area (Å²) in [4.78, 5) is 29.4. The molecule has 2 aliphatic heterocycles. The summed E-state index contributed by atoms with van der Waals surface area (Å²) < 4.78 is 0. The van der Waals surface area contributed by atoms with Gasteiger partial charge in [0.25, 0.3) is 5.91 Å². The van der Waals surface area contributed by atoms with Crippen LogP contribution in [0.5, 0.6) is 5.75 Å². The first-order valence-corrected chi connectivity index (χ1v) is 15.3. The molecule has 0 aliphatic carbocycles. The van der Waals surface area contributed by atoms with Crippen molar-refractivity contribution in [1.29, 1.82) is 0 Å². The van der Waals surface area contributed by atoms with E-state index < -0.39 is 0 Å². The second kappa shape index (κ2) is 13.1. The Morgan fingerprint density at radius 3 is 2.53 bits per heavy atom. The molecule has 4 aromatic rings. The van der Waals surface area contributed by atoms with Crippen LogP contribution in [0, 0.1) is 0 Å². The molecule has 3 heterocycles. The van der Waals surface area contributed by atoms with Crippen molar-refractivity contribution >= 4 is 46.5 Å². The van der Waals surface area contributed by atoms with Crippen molar-refractivity contribution in [2.45, 2.75) is 32.2 Å². The van der Waals surface area contributed by atoms with Crippen molar-refractivity contribution in [2.24, 2.45) is 4.99 Å². The summed E-state index contributed by atoms with van der Waals surface area (Å²) in [5.41, 5.74) is 5.58. The molecule has 0 saturated carbocycles. The van der Waals surface area contributed by atoms with Gasteiger partial charge in [-0.1, -0.05) is 60.3 Å². The SMILES string of the molecule is O=C(NCCN1CCCCCC1)c1ccc(Nc2ncc3c(n2)-c2ccc(Cl)cc2C(c2ccccc2Cl)=NC3)cc1O. The lowest BCUT2D eigenvalue weighted by Crippen LogP contribution is -2.35. The van der Waals surface area contributed by atoms with E-state index in [-0.39, 0.29) is 17.2 Å². The molecule has 2 aliphatic rings. The largest absolute Gasteiger partial charge is 0.507 e. The predicted octanol–water partition coefficient (Wildman–Crippen LogP) is 6.86. The van der Waals surface area contributed by atoms with Gasteiger partial charge < -0.3 is 20.6 Å². The summed E-state index contributed by atoms with van der Waals surface area (Å²) in [7, 11) is 0. The number of fused-ring (bicyclic) bond motifs is 3. The Morgan fingerprint density at radius 2 is 1.74 bits per heavy atom. The van der Waals surface area contributed by atoms with Crippen LogP contribution in [0.4, 0.5) is 11.6 Å². The molecule has 43 heavy (non-hydrogen) atoms. The maximum atomic E-state index is 12.8. The molecule has 1 aromatic heterocycles. The van der Waals surface area contributed by atoms with Crippen molar-refractivity contribution in [3.63, 3.8) is 0 Å². The molecule has 3 aromatic carbocycles. The zero-order chi connectivity index (χ0) is 29.8. The van der Waals surface area contributed by atoms with E-state index in [9.17, 15) is 9.90 Å². The van der Waals surface area contributed by atoms with Crippen LogP contribution in [0.3, 0.4) is 0 Å². The predicted molar refractivity (Wildman–Crippen MR) is 172 cm³/mol. The first-order valence-electron chi connectivity index (χ1n) is 14.5. The number of aliphatic imine (C=N–C) groups is 1. The van der Waals surface area contributed by atoms with Crippen molar-refractivity contribution in [3.05, 3.63) is 99.2 Å². The highest BCUT2D eigenvalue weighted by Crippen LogP contribution is 2.35. The van der Waals surface area contributed by atoms with Crippen molar-refractivity contribution in [3.8, 4) is 17.0 Å². The Bertz CT molecular complexity index is 1680.